The summed E-state index contributed by atoms with van der Waals surface area (Å²) in [5.74, 6) is -0.193. The van der Waals surface area contributed by atoms with Crippen molar-refractivity contribution in [3.8, 4) is 6.07 Å². The molecule has 2 aromatic rings. The van der Waals surface area contributed by atoms with Crippen LogP contribution < -0.4 is 5.56 Å². The van der Waals surface area contributed by atoms with Gasteiger partial charge in [-0.15, -0.1) is 0 Å². The highest BCUT2D eigenvalue weighted by Crippen LogP contribution is 2.10. The molecule has 1 heterocycles. The molecule has 0 N–H and O–H groups in total. The maximum atomic E-state index is 12.9. The molecule has 0 saturated carbocycles. The largest absolute Gasteiger partial charge is 0.333 e. The zero-order valence-corrected chi connectivity index (χ0v) is 15.3. The van der Waals surface area contributed by atoms with E-state index in [4.69, 9.17) is 5.26 Å². The van der Waals surface area contributed by atoms with Crippen molar-refractivity contribution in [2.45, 2.75) is 46.2 Å². The summed E-state index contributed by atoms with van der Waals surface area (Å²) < 4.78 is 1.36. The van der Waals surface area contributed by atoms with Crippen LogP contribution in [0.25, 0.3) is 0 Å². The molecule has 0 saturated heterocycles. The summed E-state index contributed by atoms with van der Waals surface area (Å²) in [6.07, 6.45) is 2.61. The molecule has 6 nitrogen and oxygen atoms in total. The van der Waals surface area contributed by atoms with Crippen molar-refractivity contribution in [1.29, 1.82) is 5.26 Å². The van der Waals surface area contributed by atoms with Crippen molar-refractivity contribution in [1.82, 2.24) is 14.7 Å². The summed E-state index contributed by atoms with van der Waals surface area (Å²) in [5, 5.41) is 13.1. The first-order valence-electron chi connectivity index (χ1n) is 8.95. The van der Waals surface area contributed by atoms with E-state index in [-0.39, 0.29) is 17.2 Å². The van der Waals surface area contributed by atoms with Crippen molar-refractivity contribution < 1.29 is 4.79 Å². The standard InChI is InChI=1S/C20H24N4O2/c1-3-5-13-24-19(25)11-10-18(22-24)20(26)23(12-4-2)15-17-8-6-16(14-21)7-9-17/h6-11H,3-5,12-13,15H2,1-2H3. The van der Waals surface area contributed by atoms with Gasteiger partial charge in [0, 0.05) is 25.7 Å². The van der Waals surface area contributed by atoms with Crippen LogP contribution in [0.3, 0.4) is 0 Å². The number of benzene rings is 1. The van der Waals surface area contributed by atoms with E-state index in [1.807, 2.05) is 26.0 Å². The molecule has 26 heavy (non-hydrogen) atoms. The van der Waals surface area contributed by atoms with Crippen LogP contribution in [-0.4, -0.2) is 27.1 Å². The van der Waals surface area contributed by atoms with Gasteiger partial charge in [0.05, 0.1) is 11.6 Å². The number of nitrogens with zero attached hydrogens (tertiary/aromatic N) is 4. The molecule has 2 rings (SSSR count). The molecule has 0 atom stereocenters. The fourth-order valence-corrected chi connectivity index (χ4v) is 2.62. The average molecular weight is 352 g/mol. The molecular formula is C20H24N4O2. The van der Waals surface area contributed by atoms with Gasteiger partial charge >= 0.3 is 0 Å². The maximum absolute atomic E-state index is 12.9. The van der Waals surface area contributed by atoms with Crippen LogP contribution in [0.15, 0.2) is 41.2 Å². The second kappa shape index (κ2) is 9.52. The average Bonchev–Trinajstić information content (AvgIpc) is 2.67. The van der Waals surface area contributed by atoms with E-state index < -0.39 is 0 Å². The van der Waals surface area contributed by atoms with Crippen LogP contribution in [-0.2, 0) is 13.1 Å². The third-order valence-electron chi connectivity index (χ3n) is 4.05. The van der Waals surface area contributed by atoms with E-state index in [1.165, 1.54) is 16.8 Å². The zero-order chi connectivity index (χ0) is 18.9. The Balaban J connectivity index is 2.21. The first kappa shape index (κ1) is 19.4. The topological polar surface area (TPSA) is 79.0 Å². The molecule has 0 fully saturated rings. The summed E-state index contributed by atoms with van der Waals surface area (Å²) in [6.45, 7) is 5.60. The Hall–Kier alpha value is -2.94. The molecule has 0 radical (unpaired) electrons. The van der Waals surface area contributed by atoms with Crippen molar-refractivity contribution in [3.63, 3.8) is 0 Å². The Morgan fingerprint density at radius 3 is 2.50 bits per heavy atom. The number of carbonyl (C=O) groups excluding carboxylic acids is 1. The lowest BCUT2D eigenvalue weighted by Crippen LogP contribution is -2.34. The Labute approximate surface area is 153 Å². The number of hydrogen-bond acceptors (Lipinski definition) is 4. The van der Waals surface area contributed by atoms with Gasteiger partial charge in [0.2, 0.25) is 0 Å². The highest BCUT2D eigenvalue weighted by molar-refractivity contribution is 5.92. The van der Waals surface area contributed by atoms with Gasteiger partial charge in [0.15, 0.2) is 0 Å². The van der Waals surface area contributed by atoms with Gasteiger partial charge in [0.1, 0.15) is 5.69 Å². The Bertz CT molecular complexity index is 834. The fraction of sp³-hybridized carbons (Fsp3) is 0.400. The molecule has 0 aliphatic heterocycles. The van der Waals surface area contributed by atoms with Crippen LogP contribution >= 0.6 is 0 Å². The predicted molar refractivity (Wildman–Crippen MR) is 99.6 cm³/mol. The van der Waals surface area contributed by atoms with Gasteiger partial charge in [-0.2, -0.15) is 10.4 Å². The van der Waals surface area contributed by atoms with E-state index in [0.717, 1.165) is 24.8 Å². The van der Waals surface area contributed by atoms with Gasteiger partial charge in [0.25, 0.3) is 11.5 Å². The molecule has 0 aliphatic rings. The molecule has 6 heteroatoms. The lowest BCUT2D eigenvalue weighted by molar-refractivity contribution is 0.0734. The minimum absolute atomic E-state index is 0.191. The second-order valence-electron chi connectivity index (χ2n) is 6.17. The van der Waals surface area contributed by atoms with Gasteiger partial charge in [-0.1, -0.05) is 32.4 Å². The first-order valence-corrected chi connectivity index (χ1v) is 8.95. The monoisotopic (exact) mass is 352 g/mol. The smallest absolute Gasteiger partial charge is 0.274 e. The van der Waals surface area contributed by atoms with Gasteiger partial charge < -0.3 is 4.90 Å². The first-order chi connectivity index (χ1) is 12.6. The van der Waals surface area contributed by atoms with Crippen LogP contribution in [0.4, 0.5) is 0 Å². The van der Waals surface area contributed by atoms with Crippen LogP contribution in [0, 0.1) is 11.3 Å². The Kier molecular flexibility index (Phi) is 7.10. The number of unbranched alkanes of at least 4 members (excludes halogenated alkanes) is 1. The fourth-order valence-electron chi connectivity index (χ4n) is 2.62. The Morgan fingerprint density at radius 2 is 1.88 bits per heavy atom. The molecule has 1 aromatic carbocycles. The highest BCUT2D eigenvalue weighted by atomic mass is 16.2. The maximum Gasteiger partial charge on any atom is 0.274 e. The molecular weight excluding hydrogens is 328 g/mol. The third kappa shape index (κ3) is 5.03. The lowest BCUT2D eigenvalue weighted by atomic mass is 10.1. The molecule has 0 aliphatic carbocycles. The van der Waals surface area contributed by atoms with Crippen LogP contribution in [0.1, 0.15) is 54.7 Å². The quantitative estimate of drug-likeness (QED) is 0.731. The van der Waals surface area contributed by atoms with Gasteiger partial charge in [-0.05, 0) is 36.6 Å². The van der Waals surface area contributed by atoms with Crippen molar-refractivity contribution >= 4 is 5.91 Å². The lowest BCUT2D eigenvalue weighted by Gasteiger charge is -2.22. The molecule has 0 spiro atoms. The Morgan fingerprint density at radius 1 is 1.15 bits per heavy atom. The summed E-state index contributed by atoms with van der Waals surface area (Å²) >= 11 is 0. The number of nitriles is 1. The summed E-state index contributed by atoms with van der Waals surface area (Å²) in [5.41, 5.74) is 1.63. The normalized spacial score (nSPS) is 10.3. The highest BCUT2D eigenvalue weighted by Gasteiger charge is 2.18. The second-order valence-corrected chi connectivity index (χ2v) is 6.17. The van der Waals surface area contributed by atoms with E-state index in [9.17, 15) is 9.59 Å². The van der Waals surface area contributed by atoms with Gasteiger partial charge in [-0.3, -0.25) is 9.59 Å². The van der Waals surface area contributed by atoms with Crippen LogP contribution in [0.2, 0.25) is 0 Å². The van der Waals surface area contributed by atoms with E-state index >= 15 is 0 Å². The molecule has 1 amide bonds. The predicted octanol–water partition coefficient (Wildman–Crippen LogP) is 2.97. The summed E-state index contributed by atoms with van der Waals surface area (Å²) in [4.78, 5) is 26.5. The number of rotatable bonds is 8. The van der Waals surface area contributed by atoms with E-state index in [0.29, 0.717) is 25.2 Å². The minimum Gasteiger partial charge on any atom is -0.333 e. The van der Waals surface area contributed by atoms with Crippen molar-refractivity contribution in [2.75, 3.05) is 6.54 Å². The number of hydrogen-bond donors (Lipinski definition) is 0. The van der Waals surface area contributed by atoms with Crippen molar-refractivity contribution in [3.05, 3.63) is 63.6 Å². The van der Waals surface area contributed by atoms with Crippen molar-refractivity contribution in [2.24, 2.45) is 0 Å². The molecule has 0 bridgehead atoms. The SMILES string of the molecule is CCCCn1nc(C(=O)N(CCC)Cc2ccc(C#N)cc2)ccc1=O. The number of carbonyl (C=O) groups is 1. The number of aryl methyl sites for hydroxylation is 1. The van der Waals surface area contributed by atoms with Crippen LogP contribution in [0.5, 0.6) is 0 Å². The summed E-state index contributed by atoms with van der Waals surface area (Å²) in [6, 6.07) is 12.2. The minimum atomic E-state index is -0.193. The van der Waals surface area contributed by atoms with E-state index in [1.54, 1.807) is 17.0 Å². The summed E-state index contributed by atoms with van der Waals surface area (Å²) in [7, 11) is 0. The van der Waals surface area contributed by atoms with Gasteiger partial charge in [-0.25, -0.2) is 4.68 Å². The molecule has 1 aromatic heterocycles. The number of aromatic nitrogens is 2. The molecule has 136 valence electrons. The van der Waals surface area contributed by atoms with E-state index in [2.05, 4.69) is 11.2 Å². The third-order valence-corrected chi connectivity index (χ3v) is 4.05. The molecule has 0 unspecified atom stereocenters. The zero-order valence-electron chi connectivity index (χ0n) is 15.3. The number of amides is 1.